The molecule has 0 N–H and O–H groups in total. The molecule has 72 valence electrons. The van der Waals surface area contributed by atoms with Gasteiger partial charge in [-0.25, -0.2) is 8.42 Å². The second-order valence-electron chi connectivity index (χ2n) is 2.64. The standard InChI is InChI=1S/C6H12BrNO3S/c7-6-12(9,10)8-4-2-1-3-5-11-8/h1-6H2. The van der Waals surface area contributed by atoms with E-state index in [2.05, 4.69) is 15.9 Å². The Morgan fingerprint density at radius 1 is 1.33 bits per heavy atom. The molecule has 0 aromatic rings. The maximum absolute atomic E-state index is 11.3. The fourth-order valence-corrected chi connectivity index (χ4v) is 2.46. The van der Waals surface area contributed by atoms with Crippen LogP contribution in [0.4, 0.5) is 0 Å². The molecule has 0 unspecified atom stereocenters. The summed E-state index contributed by atoms with van der Waals surface area (Å²) < 4.78 is 23.5. The summed E-state index contributed by atoms with van der Waals surface area (Å²) in [7, 11) is -3.22. The van der Waals surface area contributed by atoms with E-state index in [1.54, 1.807) is 0 Å². The predicted molar refractivity (Wildman–Crippen MR) is 49.2 cm³/mol. The summed E-state index contributed by atoms with van der Waals surface area (Å²) in [6.45, 7) is 0.986. The van der Waals surface area contributed by atoms with Gasteiger partial charge in [-0.1, -0.05) is 20.4 Å². The largest absolute Gasteiger partial charge is 0.284 e. The molecule has 0 spiro atoms. The average Bonchev–Trinajstić information content (AvgIpc) is 2.32. The summed E-state index contributed by atoms with van der Waals surface area (Å²) in [6.07, 6.45) is 2.86. The Balaban J connectivity index is 2.60. The van der Waals surface area contributed by atoms with Gasteiger partial charge in [0.15, 0.2) is 0 Å². The van der Waals surface area contributed by atoms with E-state index < -0.39 is 10.0 Å². The van der Waals surface area contributed by atoms with Gasteiger partial charge in [0.05, 0.1) is 6.61 Å². The van der Waals surface area contributed by atoms with Crippen molar-refractivity contribution in [3.8, 4) is 0 Å². The number of hydrogen-bond acceptors (Lipinski definition) is 3. The Morgan fingerprint density at radius 3 is 2.75 bits per heavy atom. The maximum atomic E-state index is 11.3. The fraction of sp³-hybridized carbons (Fsp3) is 1.00. The monoisotopic (exact) mass is 257 g/mol. The first-order valence-corrected chi connectivity index (χ1v) is 6.59. The third-order valence-corrected chi connectivity index (χ3v) is 4.59. The van der Waals surface area contributed by atoms with Crippen LogP contribution in [-0.4, -0.2) is 30.7 Å². The fourth-order valence-electron chi connectivity index (χ4n) is 1.02. The van der Waals surface area contributed by atoms with Gasteiger partial charge in [-0.2, -0.15) is 0 Å². The van der Waals surface area contributed by atoms with Crippen LogP contribution >= 0.6 is 15.9 Å². The molecule has 0 aromatic carbocycles. The molecule has 1 rings (SSSR count). The molecule has 0 saturated carbocycles. The van der Waals surface area contributed by atoms with Crippen LogP contribution in [0.3, 0.4) is 0 Å². The highest BCUT2D eigenvalue weighted by Gasteiger charge is 2.22. The van der Waals surface area contributed by atoms with E-state index in [4.69, 9.17) is 4.84 Å². The second-order valence-corrected chi connectivity index (χ2v) is 5.80. The second kappa shape index (κ2) is 4.55. The van der Waals surface area contributed by atoms with E-state index in [0.29, 0.717) is 13.2 Å². The van der Waals surface area contributed by atoms with Crippen molar-refractivity contribution in [2.24, 2.45) is 0 Å². The van der Waals surface area contributed by atoms with E-state index in [-0.39, 0.29) is 4.66 Å². The minimum atomic E-state index is -3.22. The van der Waals surface area contributed by atoms with Crippen LogP contribution in [0, 0.1) is 0 Å². The summed E-state index contributed by atoms with van der Waals surface area (Å²) in [5.74, 6) is 0. The molecule has 1 aliphatic heterocycles. The molecule has 0 amide bonds. The van der Waals surface area contributed by atoms with Crippen LogP contribution in [0.5, 0.6) is 0 Å². The van der Waals surface area contributed by atoms with Gasteiger partial charge in [0.1, 0.15) is 4.66 Å². The first-order chi connectivity index (χ1) is 5.67. The highest BCUT2D eigenvalue weighted by atomic mass is 79.9. The third kappa shape index (κ3) is 2.69. The van der Waals surface area contributed by atoms with Crippen molar-refractivity contribution in [3.63, 3.8) is 0 Å². The van der Waals surface area contributed by atoms with Gasteiger partial charge >= 0.3 is 0 Å². The van der Waals surface area contributed by atoms with Gasteiger partial charge in [-0.3, -0.25) is 4.84 Å². The number of hydroxylamine groups is 1. The van der Waals surface area contributed by atoms with Crippen molar-refractivity contribution in [2.45, 2.75) is 19.3 Å². The minimum Gasteiger partial charge on any atom is -0.284 e. The molecule has 4 nitrogen and oxygen atoms in total. The van der Waals surface area contributed by atoms with Crippen LogP contribution in [0.2, 0.25) is 0 Å². The molecule has 6 heteroatoms. The van der Waals surface area contributed by atoms with Crippen molar-refractivity contribution in [1.29, 1.82) is 0 Å². The van der Waals surface area contributed by atoms with E-state index in [0.717, 1.165) is 23.7 Å². The van der Waals surface area contributed by atoms with Crippen LogP contribution in [0.1, 0.15) is 19.3 Å². The normalized spacial score (nSPS) is 22.1. The molecule has 1 heterocycles. The van der Waals surface area contributed by atoms with E-state index >= 15 is 0 Å². The van der Waals surface area contributed by atoms with Crippen LogP contribution in [0.25, 0.3) is 0 Å². The van der Waals surface area contributed by atoms with Crippen LogP contribution in [0.15, 0.2) is 0 Å². The molecule has 12 heavy (non-hydrogen) atoms. The molecular weight excluding hydrogens is 246 g/mol. The van der Waals surface area contributed by atoms with Gasteiger partial charge in [0.25, 0.3) is 0 Å². The van der Waals surface area contributed by atoms with Gasteiger partial charge in [0.2, 0.25) is 10.0 Å². The number of rotatable bonds is 2. The Kier molecular flexibility index (Phi) is 3.95. The molecule has 0 atom stereocenters. The summed E-state index contributed by atoms with van der Waals surface area (Å²) in [6, 6.07) is 0. The van der Waals surface area contributed by atoms with Crippen molar-refractivity contribution < 1.29 is 13.3 Å². The quantitative estimate of drug-likeness (QED) is 0.696. The van der Waals surface area contributed by atoms with Gasteiger partial charge in [-0.05, 0) is 19.3 Å². The first-order valence-electron chi connectivity index (χ1n) is 3.86. The number of hydrogen-bond donors (Lipinski definition) is 0. The Morgan fingerprint density at radius 2 is 2.08 bits per heavy atom. The van der Waals surface area contributed by atoms with Gasteiger partial charge < -0.3 is 0 Å². The van der Waals surface area contributed by atoms with E-state index in [1.807, 2.05) is 0 Å². The topological polar surface area (TPSA) is 46.6 Å². The number of sulfonamides is 1. The average molecular weight is 258 g/mol. The van der Waals surface area contributed by atoms with E-state index in [9.17, 15) is 8.42 Å². The summed E-state index contributed by atoms with van der Waals surface area (Å²) in [5.41, 5.74) is 0. The molecule has 0 radical (unpaired) electrons. The lowest BCUT2D eigenvalue weighted by molar-refractivity contribution is -0.0743. The molecule has 0 bridgehead atoms. The molecule has 0 aromatic heterocycles. The van der Waals surface area contributed by atoms with E-state index in [1.165, 1.54) is 0 Å². The zero-order chi connectivity index (χ0) is 9.03. The molecule has 1 saturated heterocycles. The summed E-state index contributed by atoms with van der Waals surface area (Å²) in [4.78, 5) is 5.07. The van der Waals surface area contributed by atoms with Crippen LogP contribution < -0.4 is 0 Å². The summed E-state index contributed by atoms with van der Waals surface area (Å²) in [5, 5.41) is 0. The molecule has 0 aliphatic carbocycles. The Hall–Kier alpha value is 0.350. The lowest BCUT2D eigenvalue weighted by Gasteiger charge is -2.16. The Bertz CT molecular complexity index is 221. The zero-order valence-corrected chi connectivity index (χ0v) is 9.10. The molecule has 1 aliphatic rings. The zero-order valence-electron chi connectivity index (χ0n) is 6.70. The molecule has 1 fully saturated rings. The van der Waals surface area contributed by atoms with Crippen molar-refractivity contribution in [3.05, 3.63) is 0 Å². The van der Waals surface area contributed by atoms with Crippen molar-refractivity contribution in [1.82, 2.24) is 4.47 Å². The van der Waals surface area contributed by atoms with Crippen molar-refractivity contribution >= 4 is 26.0 Å². The summed E-state index contributed by atoms with van der Waals surface area (Å²) >= 11 is 2.92. The van der Waals surface area contributed by atoms with Crippen LogP contribution in [-0.2, 0) is 14.9 Å². The smallest absolute Gasteiger partial charge is 0.246 e. The number of alkyl halides is 1. The Labute approximate surface area is 81.0 Å². The third-order valence-electron chi connectivity index (χ3n) is 1.67. The minimum absolute atomic E-state index is 0.0694. The highest BCUT2D eigenvalue weighted by Crippen LogP contribution is 2.12. The first kappa shape index (κ1) is 10.4. The SMILES string of the molecule is O=S(=O)(CBr)N1CCCCCO1. The number of halogens is 1. The highest BCUT2D eigenvalue weighted by molar-refractivity contribution is 9.10. The predicted octanol–water partition coefficient (Wildman–Crippen LogP) is 1.09. The van der Waals surface area contributed by atoms with Gasteiger partial charge in [0, 0.05) is 6.54 Å². The van der Waals surface area contributed by atoms with Gasteiger partial charge in [-0.15, -0.1) is 0 Å². The maximum Gasteiger partial charge on any atom is 0.246 e. The number of nitrogens with zero attached hydrogens (tertiary/aromatic N) is 1. The van der Waals surface area contributed by atoms with Crippen molar-refractivity contribution in [2.75, 3.05) is 17.8 Å². The lowest BCUT2D eigenvalue weighted by Crippen LogP contribution is -2.31. The molecular formula is C6H12BrNO3S. The lowest BCUT2D eigenvalue weighted by atomic mass is 10.2.